The summed E-state index contributed by atoms with van der Waals surface area (Å²) in [7, 11) is 0. The Morgan fingerprint density at radius 2 is 2.04 bits per heavy atom. The van der Waals surface area contributed by atoms with Crippen LogP contribution in [0.15, 0.2) is 71.4 Å². The molecule has 1 saturated heterocycles. The largest absolute Gasteiger partial charge is 0.392 e. The zero-order valence-electron chi connectivity index (χ0n) is 13.8. The summed E-state index contributed by atoms with van der Waals surface area (Å²) in [5.41, 5.74) is 7.08. The molecular weight excluding hydrogens is 294 g/mol. The van der Waals surface area contributed by atoms with Crippen molar-refractivity contribution in [3.8, 4) is 0 Å². The molecule has 0 aromatic heterocycles. The Morgan fingerprint density at radius 1 is 1.12 bits per heavy atom. The fourth-order valence-electron chi connectivity index (χ4n) is 5.06. The van der Waals surface area contributed by atoms with E-state index in [4.69, 9.17) is 0 Å². The van der Waals surface area contributed by atoms with Gasteiger partial charge >= 0.3 is 0 Å². The molecule has 4 aliphatic rings. The molecule has 1 aliphatic heterocycles. The first-order valence-electron chi connectivity index (χ1n) is 9.09. The summed E-state index contributed by atoms with van der Waals surface area (Å²) in [5.74, 6) is 0.207. The molecule has 3 aliphatic carbocycles. The second-order valence-corrected chi connectivity index (χ2v) is 7.44. The maximum absolute atomic E-state index is 10.5. The van der Waals surface area contributed by atoms with Crippen molar-refractivity contribution in [1.29, 1.82) is 0 Å². The number of aliphatic hydroxyl groups is 1. The van der Waals surface area contributed by atoms with Gasteiger partial charge < -0.3 is 10.4 Å². The molecule has 5 rings (SSSR count). The van der Waals surface area contributed by atoms with Gasteiger partial charge in [-0.1, -0.05) is 54.6 Å². The van der Waals surface area contributed by atoms with E-state index in [0.29, 0.717) is 0 Å². The van der Waals surface area contributed by atoms with Crippen molar-refractivity contribution >= 4 is 0 Å². The van der Waals surface area contributed by atoms with Crippen LogP contribution < -0.4 is 5.32 Å². The molecule has 3 atom stereocenters. The van der Waals surface area contributed by atoms with Gasteiger partial charge in [-0.3, -0.25) is 0 Å². The number of aryl methyl sites for hydroxylation is 1. The first-order valence-corrected chi connectivity index (χ1v) is 9.09. The lowest BCUT2D eigenvalue weighted by Gasteiger charge is -2.36. The zero-order chi connectivity index (χ0) is 16.1. The van der Waals surface area contributed by atoms with Crippen LogP contribution in [-0.2, 0) is 11.8 Å². The Labute approximate surface area is 143 Å². The summed E-state index contributed by atoms with van der Waals surface area (Å²) in [6, 6.07) is 8.88. The van der Waals surface area contributed by atoms with E-state index in [1.165, 1.54) is 27.8 Å². The summed E-state index contributed by atoms with van der Waals surface area (Å²) in [4.78, 5) is 0. The third-order valence-corrected chi connectivity index (χ3v) is 6.29. The van der Waals surface area contributed by atoms with Crippen molar-refractivity contribution in [3.05, 3.63) is 82.5 Å². The lowest BCUT2D eigenvalue weighted by atomic mass is 9.69. The normalized spacial score (nSPS) is 33.8. The van der Waals surface area contributed by atoms with Crippen LogP contribution in [0.25, 0.3) is 0 Å². The summed E-state index contributed by atoms with van der Waals surface area (Å²) in [6.07, 6.45) is 14.4. The van der Waals surface area contributed by atoms with Gasteiger partial charge in [-0.15, -0.1) is 0 Å². The fraction of sp³-hybridized carbons (Fsp3) is 0.364. The van der Waals surface area contributed by atoms with E-state index >= 15 is 0 Å². The number of hydrogen-bond acceptors (Lipinski definition) is 2. The molecule has 0 radical (unpaired) electrons. The third-order valence-electron chi connectivity index (χ3n) is 6.29. The van der Waals surface area contributed by atoms with E-state index in [2.05, 4.69) is 60.0 Å². The molecule has 24 heavy (non-hydrogen) atoms. The van der Waals surface area contributed by atoms with Crippen LogP contribution in [0.3, 0.4) is 0 Å². The van der Waals surface area contributed by atoms with Crippen LogP contribution in [0.4, 0.5) is 0 Å². The summed E-state index contributed by atoms with van der Waals surface area (Å²) < 4.78 is 0. The SMILES string of the molecule is OC1CCNCC1C1=CC=C2C1=CC=CC21CCc2ccccc21. The molecule has 0 bridgehead atoms. The highest BCUT2D eigenvalue weighted by molar-refractivity contribution is 5.69. The van der Waals surface area contributed by atoms with Crippen molar-refractivity contribution in [2.75, 3.05) is 13.1 Å². The van der Waals surface area contributed by atoms with Crippen LogP contribution in [0, 0.1) is 5.92 Å². The zero-order valence-corrected chi connectivity index (χ0v) is 13.8. The van der Waals surface area contributed by atoms with Gasteiger partial charge in [0.05, 0.1) is 6.10 Å². The number of fused-ring (bicyclic) bond motifs is 4. The number of nitrogens with one attached hydrogen (secondary N) is 1. The van der Waals surface area contributed by atoms with E-state index in [1.807, 2.05) is 0 Å². The van der Waals surface area contributed by atoms with Gasteiger partial charge in [0.25, 0.3) is 0 Å². The number of aliphatic hydroxyl groups excluding tert-OH is 1. The Balaban J connectivity index is 1.54. The van der Waals surface area contributed by atoms with Gasteiger partial charge in [0.2, 0.25) is 0 Å². The standard InChI is InChI=1S/C22H23NO/c24-21-10-13-23-14-18(21)16-7-8-20-17(16)5-3-11-22(20)12-9-15-4-1-2-6-19(15)22/h1-8,11,18,21,23-24H,9-10,12-14H2. The smallest absolute Gasteiger partial charge is 0.0633 e. The minimum Gasteiger partial charge on any atom is -0.392 e. The lowest BCUT2D eigenvalue weighted by Crippen LogP contribution is -2.41. The average molecular weight is 317 g/mol. The molecule has 1 heterocycles. The van der Waals surface area contributed by atoms with Crippen LogP contribution in [0.2, 0.25) is 0 Å². The number of hydrogen-bond donors (Lipinski definition) is 2. The molecule has 1 aromatic carbocycles. The van der Waals surface area contributed by atoms with Gasteiger partial charge in [0, 0.05) is 17.9 Å². The molecule has 2 heteroatoms. The first-order chi connectivity index (χ1) is 11.8. The van der Waals surface area contributed by atoms with Crippen LogP contribution in [-0.4, -0.2) is 24.3 Å². The maximum Gasteiger partial charge on any atom is 0.0633 e. The summed E-state index contributed by atoms with van der Waals surface area (Å²) >= 11 is 0. The van der Waals surface area contributed by atoms with Gasteiger partial charge in [0.15, 0.2) is 0 Å². The monoisotopic (exact) mass is 317 g/mol. The quantitative estimate of drug-likeness (QED) is 0.834. The lowest BCUT2D eigenvalue weighted by molar-refractivity contribution is 0.0972. The molecule has 0 amide bonds. The van der Waals surface area contributed by atoms with Crippen LogP contribution in [0.5, 0.6) is 0 Å². The summed E-state index contributed by atoms with van der Waals surface area (Å²) in [6.45, 7) is 1.79. The topological polar surface area (TPSA) is 32.3 Å². The number of allylic oxidation sites excluding steroid dienone is 7. The van der Waals surface area contributed by atoms with E-state index < -0.39 is 0 Å². The second kappa shape index (κ2) is 5.30. The minimum absolute atomic E-state index is 0.0337. The van der Waals surface area contributed by atoms with Crippen molar-refractivity contribution in [2.45, 2.75) is 30.8 Å². The van der Waals surface area contributed by atoms with E-state index in [1.54, 1.807) is 0 Å². The summed E-state index contributed by atoms with van der Waals surface area (Å²) in [5, 5.41) is 13.9. The highest BCUT2D eigenvalue weighted by Crippen LogP contribution is 2.53. The molecule has 0 saturated carbocycles. The molecular formula is C22H23NO. The molecule has 2 N–H and O–H groups in total. The Bertz CT molecular complexity index is 813. The molecule has 1 spiro atoms. The van der Waals surface area contributed by atoms with Crippen LogP contribution >= 0.6 is 0 Å². The molecule has 1 fully saturated rings. The van der Waals surface area contributed by atoms with Crippen LogP contribution in [0.1, 0.15) is 24.0 Å². The number of benzene rings is 1. The van der Waals surface area contributed by atoms with Crippen molar-refractivity contribution in [1.82, 2.24) is 5.32 Å². The number of piperidine rings is 1. The van der Waals surface area contributed by atoms with E-state index in [-0.39, 0.29) is 17.4 Å². The predicted molar refractivity (Wildman–Crippen MR) is 96.8 cm³/mol. The average Bonchev–Trinajstić information content (AvgIpc) is 3.20. The fourth-order valence-corrected chi connectivity index (χ4v) is 5.06. The Morgan fingerprint density at radius 3 is 2.96 bits per heavy atom. The van der Waals surface area contributed by atoms with Crippen molar-refractivity contribution in [2.24, 2.45) is 5.92 Å². The van der Waals surface area contributed by atoms with Gasteiger partial charge in [-0.25, -0.2) is 0 Å². The molecule has 2 nitrogen and oxygen atoms in total. The Hall–Kier alpha value is -1.90. The minimum atomic E-state index is -0.233. The third kappa shape index (κ3) is 1.90. The van der Waals surface area contributed by atoms with Gasteiger partial charge in [0.1, 0.15) is 0 Å². The highest BCUT2D eigenvalue weighted by atomic mass is 16.3. The number of rotatable bonds is 1. The second-order valence-electron chi connectivity index (χ2n) is 7.44. The highest BCUT2D eigenvalue weighted by Gasteiger charge is 2.44. The van der Waals surface area contributed by atoms with E-state index in [0.717, 1.165) is 32.4 Å². The van der Waals surface area contributed by atoms with Crippen molar-refractivity contribution in [3.63, 3.8) is 0 Å². The van der Waals surface area contributed by atoms with Gasteiger partial charge in [-0.05, 0) is 53.7 Å². The Kier molecular flexibility index (Phi) is 3.19. The van der Waals surface area contributed by atoms with Gasteiger partial charge in [-0.2, -0.15) is 0 Å². The molecule has 3 unspecified atom stereocenters. The first kappa shape index (κ1) is 14.4. The molecule has 1 aromatic rings. The van der Waals surface area contributed by atoms with Crippen molar-refractivity contribution < 1.29 is 5.11 Å². The molecule has 122 valence electrons. The maximum atomic E-state index is 10.5. The predicted octanol–water partition coefficient (Wildman–Crippen LogP) is 3.20. The van der Waals surface area contributed by atoms with E-state index in [9.17, 15) is 5.11 Å².